The first kappa shape index (κ1) is 13.1. The van der Waals surface area contributed by atoms with Gasteiger partial charge in [-0.1, -0.05) is 0 Å². The van der Waals surface area contributed by atoms with Gasteiger partial charge in [-0.05, 0) is 30.7 Å². The van der Waals surface area contributed by atoms with Crippen molar-refractivity contribution in [3.63, 3.8) is 0 Å². The van der Waals surface area contributed by atoms with E-state index in [0.717, 1.165) is 17.7 Å². The van der Waals surface area contributed by atoms with Gasteiger partial charge in [-0.15, -0.1) is 0 Å². The number of carbonyl (C=O) groups is 1. The van der Waals surface area contributed by atoms with Gasteiger partial charge >= 0.3 is 12.1 Å². The molecular weight excluding hydrogens is 261 g/mol. The highest BCUT2D eigenvalue weighted by atomic mass is 19.4. The number of halogens is 3. The van der Waals surface area contributed by atoms with Crippen LogP contribution in [0.4, 0.5) is 13.2 Å². The summed E-state index contributed by atoms with van der Waals surface area (Å²) >= 11 is 0. The molecule has 19 heavy (non-hydrogen) atoms. The van der Waals surface area contributed by atoms with Crippen molar-refractivity contribution in [1.82, 2.24) is 9.78 Å². The molecule has 0 aliphatic carbocycles. The molecule has 1 aromatic carbocycles. The molecule has 0 saturated carbocycles. The summed E-state index contributed by atoms with van der Waals surface area (Å²) in [6, 6.07) is 2.88. The molecule has 0 aliphatic rings. The first-order valence-corrected chi connectivity index (χ1v) is 5.25. The van der Waals surface area contributed by atoms with Crippen LogP contribution in [0, 0.1) is 6.92 Å². The Balaban J connectivity index is 2.57. The number of alkyl halides is 3. The second-order valence-electron chi connectivity index (χ2n) is 4.00. The van der Waals surface area contributed by atoms with Crippen LogP contribution in [0.2, 0.25) is 0 Å². The van der Waals surface area contributed by atoms with E-state index < -0.39 is 23.3 Å². The molecule has 4 nitrogen and oxygen atoms in total. The number of hydrogen-bond acceptors (Lipinski definition) is 2. The Bertz CT molecular complexity index is 632. The quantitative estimate of drug-likeness (QED) is 0.912. The van der Waals surface area contributed by atoms with E-state index in [4.69, 9.17) is 5.11 Å². The van der Waals surface area contributed by atoms with Crippen LogP contribution >= 0.6 is 0 Å². The van der Waals surface area contributed by atoms with Gasteiger partial charge in [0.25, 0.3) is 0 Å². The van der Waals surface area contributed by atoms with Gasteiger partial charge in [-0.2, -0.15) is 18.3 Å². The van der Waals surface area contributed by atoms with Gasteiger partial charge in [0.2, 0.25) is 0 Å². The van der Waals surface area contributed by atoms with Crippen molar-refractivity contribution in [2.75, 3.05) is 0 Å². The molecular formula is C12H9F3N2O2. The zero-order valence-electron chi connectivity index (χ0n) is 9.77. The van der Waals surface area contributed by atoms with Crippen molar-refractivity contribution < 1.29 is 23.1 Å². The fraction of sp³-hybridized carbons (Fsp3) is 0.167. The summed E-state index contributed by atoms with van der Waals surface area (Å²) < 4.78 is 39.3. The monoisotopic (exact) mass is 270 g/mol. The van der Waals surface area contributed by atoms with E-state index in [1.807, 2.05) is 0 Å². The molecule has 0 radical (unpaired) electrons. The summed E-state index contributed by atoms with van der Waals surface area (Å²) in [5, 5.41) is 12.8. The lowest BCUT2D eigenvalue weighted by Crippen LogP contribution is -2.13. The molecule has 0 fully saturated rings. The molecule has 1 aromatic heterocycles. The maximum atomic E-state index is 12.7. The van der Waals surface area contributed by atoms with Gasteiger partial charge in [0.1, 0.15) is 0 Å². The third-order valence-electron chi connectivity index (χ3n) is 2.52. The molecule has 0 aliphatic heterocycles. The van der Waals surface area contributed by atoms with Crippen molar-refractivity contribution in [3.05, 3.63) is 47.3 Å². The van der Waals surface area contributed by atoms with Gasteiger partial charge < -0.3 is 5.11 Å². The number of aryl methyl sites for hydroxylation is 1. The minimum Gasteiger partial charge on any atom is -0.478 e. The third kappa shape index (κ3) is 2.59. The highest BCUT2D eigenvalue weighted by molar-refractivity contribution is 5.90. The molecule has 1 heterocycles. The molecule has 2 rings (SSSR count). The standard InChI is InChI=1S/C12H9F3N2O2/c1-7-5-16-17(6-7)8-2-3-10(12(13,14)15)9(4-8)11(18)19/h2-6H,1H3,(H,18,19). The summed E-state index contributed by atoms with van der Waals surface area (Å²) in [4.78, 5) is 10.9. The van der Waals surface area contributed by atoms with Gasteiger partial charge in [-0.25, -0.2) is 9.48 Å². The van der Waals surface area contributed by atoms with E-state index in [9.17, 15) is 18.0 Å². The summed E-state index contributed by atoms with van der Waals surface area (Å²) in [5.41, 5.74) is -0.888. The molecule has 7 heteroatoms. The third-order valence-corrected chi connectivity index (χ3v) is 2.52. The number of aromatic nitrogens is 2. The van der Waals surface area contributed by atoms with Crippen LogP contribution in [0.5, 0.6) is 0 Å². The Morgan fingerprint density at radius 3 is 2.53 bits per heavy atom. The van der Waals surface area contributed by atoms with Crippen molar-refractivity contribution in [2.24, 2.45) is 0 Å². The topological polar surface area (TPSA) is 55.1 Å². The average Bonchev–Trinajstić information content (AvgIpc) is 2.74. The lowest BCUT2D eigenvalue weighted by molar-refractivity contribution is -0.138. The van der Waals surface area contributed by atoms with Crippen LogP contribution in [0.25, 0.3) is 5.69 Å². The van der Waals surface area contributed by atoms with E-state index in [-0.39, 0.29) is 5.69 Å². The van der Waals surface area contributed by atoms with E-state index >= 15 is 0 Å². The summed E-state index contributed by atoms with van der Waals surface area (Å²) in [5.74, 6) is -1.63. The second-order valence-corrected chi connectivity index (χ2v) is 4.00. The highest BCUT2D eigenvalue weighted by Gasteiger charge is 2.35. The predicted octanol–water partition coefficient (Wildman–Crippen LogP) is 2.90. The van der Waals surface area contributed by atoms with Crippen LogP contribution in [0.1, 0.15) is 21.5 Å². The highest BCUT2D eigenvalue weighted by Crippen LogP contribution is 2.33. The smallest absolute Gasteiger partial charge is 0.417 e. The SMILES string of the molecule is Cc1cnn(-c2ccc(C(F)(F)F)c(C(=O)O)c2)c1. The zero-order chi connectivity index (χ0) is 14.2. The van der Waals surface area contributed by atoms with Gasteiger partial charge in [0.05, 0.1) is 23.0 Å². The number of rotatable bonds is 2. The van der Waals surface area contributed by atoms with Gasteiger partial charge in [-0.3, -0.25) is 0 Å². The average molecular weight is 270 g/mol. The van der Waals surface area contributed by atoms with Crippen LogP contribution in [-0.2, 0) is 6.18 Å². The molecule has 1 N–H and O–H groups in total. The molecule has 2 aromatic rings. The number of aromatic carboxylic acids is 1. The molecule has 0 amide bonds. The van der Waals surface area contributed by atoms with E-state index in [0.29, 0.717) is 0 Å². The summed E-state index contributed by atoms with van der Waals surface area (Å²) in [6.07, 6.45) is -1.58. The molecule has 0 spiro atoms. The largest absolute Gasteiger partial charge is 0.478 e. The van der Waals surface area contributed by atoms with E-state index in [1.54, 1.807) is 13.1 Å². The van der Waals surface area contributed by atoms with Crippen molar-refractivity contribution in [1.29, 1.82) is 0 Å². The Labute approximate surface area is 106 Å². The van der Waals surface area contributed by atoms with Crippen molar-refractivity contribution in [2.45, 2.75) is 13.1 Å². The molecule has 0 unspecified atom stereocenters. The fourth-order valence-electron chi connectivity index (χ4n) is 1.65. The van der Waals surface area contributed by atoms with E-state index in [2.05, 4.69) is 5.10 Å². The Morgan fingerprint density at radius 2 is 2.05 bits per heavy atom. The predicted molar refractivity (Wildman–Crippen MR) is 60.3 cm³/mol. The Kier molecular flexibility index (Phi) is 3.05. The van der Waals surface area contributed by atoms with Crippen molar-refractivity contribution in [3.8, 4) is 5.69 Å². The Hall–Kier alpha value is -2.31. The van der Waals surface area contributed by atoms with Gasteiger partial charge in [0.15, 0.2) is 0 Å². The minimum absolute atomic E-state index is 0.263. The van der Waals surface area contributed by atoms with Crippen LogP contribution in [0.15, 0.2) is 30.6 Å². The lowest BCUT2D eigenvalue weighted by atomic mass is 10.1. The summed E-state index contributed by atoms with van der Waals surface area (Å²) in [6.45, 7) is 1.77. The lowest BCUT2D eigenvalue weighted by Gasteiger charge is -2.11. The van der Waals surface area contributed by atoms with Crippen LogP contribution in [0.3, 0.4) is 0 Å². The first-order valence-electron chi connectivity index (χ1n) is 5.25. The van der Waals surface area contributed by atoms with Crippen molar-refractivity contribution >= 4 is 5.97 Å². The molecule has 100 valence electrons. The normalized spacial score (nSPS) is 11.6. The second kappa shape index (κ2) is 4.42. The maximum absolute atomic E-state index is 12.7. The number of nitrogens with zero attached hydrogens (tertiary/aromatic N) is 2. The maximum Gasteiger partial charge on any atom is 0.417 e. The summed E-state index contributed by atoms with van der Waals surface area (Å²) in [7, 11) is 0. The minimum atomic E-state index is -4.70. The van der Waals surface area contributed by atoms with Gasteiger partial charge in [0, 0.05) is 6.20 Å². The first-order chi connectivity index (χ1) is 8.79. The number of benzene rings is 1. The molecule has 0 saturated heterocycles. The number of hydrogen-bond donors (Lipinski definition) is 1. The van der Waals surface area contributed by atoms with E-state index in [1.165, 1.54) is 16.9 Å². The molecule has 0 bridgehead atoms. The number of carboxylic acid groups (broad SMARTS) is 1. The Morgan fingerprint density at radius 1 is 1.37 bits per heavy atom. The zero-order valence-corrected chi connectivity index (χ0v) is 9.77. The molecule has 0 atom stereocenters. The fourth-order valence-corrected chi connectivity index (χ4v) is 1.65. The van der Waals surface area contributed by atoms with Crippen LogP contribution < -0.4 is 0 Å². The number of carboxylic acids is 1. The van der Waals surface area contributed by atoms with Crippen LogP contribution in [-0.4, -0.2) is 20.9 Å².